The van der Waals surface area contributed by atoms with E-state index in [4.69, 9.17) is 33.5 Å². The second-order valence-electron chi connectivity index (χ2n) is 4.41. The van der Waals surface area contributed by atoms with Gasteiger partial charge >= 0.3 is 0 Å². The van der Waals surface area contributed by atoms with Crippen molar-refractivity contribution in [3.8, 4) is 22.4 Å². The predicted molar refractivity (Wildman–Crippen MR) is 89.5 cm³/mol. The van der Waals surface area contributed by atoms with Gasteiger partial charge < -0.3 is 10.3 Å². The Morgan fingerprint density at radius 2 is 1.81 bits per heavy atom. The molecule has 106 valence electrons. The normalized spacial score (nSPS) is 10.8. The van der Waals surface area contributed by atoms with Crippen molar-refractivity contribution in [1.29, 1.82) is 0 Å². The lowest BCUT2D eigenvalue weighted by Crippen LogP contribution is -1.88. The summed E-state index contributed by atoms with van der Waals surface area (Å²) in [6, 6.07) is 13.0. The Hall–Kier alpha value is -1.49. The van der Waals surface area contributed by atoms with Gasteiger partial charge in [0.05, 0.1) is 15.6 Å². The van der Waals surface area contributed by atoms with Crippen LogP contribution in [0.2, 0.25) is 10.0 Å². The summed E-state index contributed by atoms with van der Waals surface area (Å²) < 4.78 is 6.10. The lowest BCUT2D eigenvalue weighted by atomic mass is 10.0. The topological polar surface area (TPSA) is 52.0 Å². The van der Waals surface area contributed by atoms with Crippen LogP contribution >= 0.6 is 39.1 Å². The fourth-order valence-electron chi connectivity index (χ4n) is 2.07. The largest absolute Gasteiger partial charge is 0.367 e. The van der Waals surface area contributed by atoms with Crippen molar-refractivity contribution in [3.63, 3.8) is 0 Å². The minimum atomic E-state index is 0.258. The molecular weight excluding hydrogens is 375 g/mol. The van der Waals surface area contributed by atoms with Gasteiger partial charge in [-0.15, -0.1) is 0 Å². The van der Waals surface area contributed by atoms with E-state index in [9.17, 15) is 0 Å². The van der Waals surface area contributed by atoms with E-state index < -0.39 is 0 Å². The van der Waals surface area contributed by atoms with Gasteiger partial charge in [0.15, 0.2) is 0 Å². The van der Waals surface area contributed by atoms with Gasteiger partial charge in [-0.3, -0.25) is 0 Å². The van der Waals surface area contributed by atoms with Crippen molar-refractivity contribution < 1.29 is 4.52 Å². The van der Waals surface area contributed by atoms with Crippen molar-refractivity contribution >= 4 is 45.0 Å². The summed E-state index contributed by atoms with van der Waals surface area (Å²) in [5, 5.41) is 4.99. The highest BCUT2D eigenvalue weighted by Crippen LogP contribution is 2.38. The molecule has 6 heteroatoms. The van der Waals surface area contributed by atoms with E-state index in [1.807, 2.05) is 30.3 Å². The molecule has 2 N–H and O–H groups in total. The molecule has 2 aromatic carbocycles. The number of aromatic nitrogens is 1. The molecule has 0 aliphatic carbocycles. The fourth-order valence-corrected chi connectivity index (χ4v) is 2.76. The molecule has 0 unspecified atom stereocenters. The number of halogens is 3. The molecular formula is C15H9BrCl2N2O. The number of hydrogen-bond acceptors (Lipinski definition) is 3. The Labute approximate surface area is 139 Å². The van der Waals surface area contributed by atoms with E-state index in [2.05, 4.69) is 21.1 Å². The highest BCUT2D eigenvalue weighted by atomic mass is 79.9. The molecule has 1 aromatic heterocycles. The highest BCUT2D eigenvalue weighted by molar-refractivity contribution is 9.10. The summed E-state index contributed by atoms with van der Waals surface area (Å²) in [6.07, 6.45) is 0. The number of nitrogens with zero attached hydrogens (tertiary/aromatic N) is 1. The standard InChI is InChI=1S/C15H9BrCl2N2O/c16-10-3-1-2-8(6-10)13-14(20-21-15(13)19)9-4-5-11(17)12(18)7-9/h1-7H,19H2. The maximum absolute atomic E-state index is 6.07. The van der Waals surface area contributed by atoms with Gasteiger partial charge in [-0.2, -0.15) is 0 Å². The second-order valence-corrected chi connectivity index (χ2v) is 6.14. The molecule has 0 saturated carbocycles. The first kappa shape index (κ1) is 14.4. The Morgan fingerprint density at radius 1 is 1.00 bits per heavy atom. The average Bonchev–Trinajstić information content (AvgIpc) is 2.84. The molecule has 0 saturated heterocycles. The molecule has 21 heavy (non-hydrogen) atoms. The number of rotatable bonds is 2. The van der Waals surface area contributed by atoms with E-state index in [1.165, 1.54) is 0 Å². The van der Waals surface area contributed by atoms with Crippen LogP contribution in [0.25, 0.3) is 22.4 Å². The number of nitrogens with two attached hydrogens (primary N) is 1. The molecule has 3 aromatic rings. The average molecular weight is 384 g/mol. The fraction of sp³-hybridized carbons (Fsp3) is 0. The minimum absolute atomic E-state index is 0.258. The molecule has 0 fully saturated rings. The maximum Gasteiger partial charge on any atom is 0.230 e. The Balaban J connectivity index is 2.19. The molecule has 0 radical (unpaired) electrons. The zero-order chi connectivity index (χ0) is 15.0. The molecule has 0 amide bonds. The first-order valence-corrected chi connectivity index (χ1v) is 7.57. The monoisotopic (exact) mass is 382 g/mol. The lowest BCUT2D eigenvalue weighted by molar-refractivity contribution is 0.439. The number of benzene rings is 2. The van der Waals surface area contributed by atoms with Crippen LogP contribution < -0.4 is 5.73 Å². The van der Waals surface area contributed by atoms with Crippen molar-refractivity contribution in [2.45, 2.75) is 0 Å². The van der Waals surface area contributed by atoms with E-state index in [0.29, 0.717) is 15.7 Å². The maximum atomic E-state index is 6.07. The van der Waals surface area contributed by atoms with Gasteiger partial charge in [0.25, 0.3) is 0 Å². The molecule has 0 atom stereocenters. The van der Waals surface area contributed by atoms with Crippen molar-refractivity contribution in [2.24, 2.45) is 0 Å². The van der Waals surface area contributed by atoms with E-state index in [-0.39, 0.29) is 5.88 Å². The van der Waals surface area contributed by atoms with Gasteiger partial charge in [0, 0.05) is 10.0 Å². The van der Waals surface area contributed by atoms with E-state index in [1.54, 1.807) is 12.1 Å². The van der Waals surface area contributed by atoms with Gasteiger partial charge in [0.1, 0.15) is 5.69 Å². The van der Waals surface area contributed by atoms with Gasteiger partial charge in [-0.05, 0) is 29.8 Å². The number of anilines is 1. The SMILES string of the molecule is Nc1onc(-c2ccc(Cl)c(Cl)c2)c1-c1cccc(Br)c1. The van der Waals surface area contributed by atoms with Crippen LogP contribution in [0.15, 0.2) is 51.5 Å². The van der Waals surface area contributed by atoms with E-state index in [0.717, 1.165) is 21.2 Å². The lowest BCUT2D eigenvalue weighted by Gasteiger charge is -2.04. The summed E-state index contributed by atoms with van der Waals surface area (Å²) in [4.78, 5) is 0. The molecule has 0 spiro atoms. The zero-order valence-electron chi connectivity index (χ0n) is 10.6. The molecule has 3 rings (SSSR count). The first-order valence-electron chi connectivity index (χ1n) is 6.03. The van der Waals surface area contributed by atoms with Crippen LogP contribution in [-0.4, -0.2) is 5.16 Å². The van der Waals surface area contributed by atoms with Crippen LogP contribution in [0.5, 0.6) is 0 Å². The third-order valence-corrected chi connectivity index (χ3v) is 4.26. The summed E-state index contributed by atoms with van der Waals surface area (Å²) in [7, 11) is 0. The van der Waals surface area contributed by atoms with Gasteiger partial charge in [0.2, 0.25) is 5.88 Å². The molecule has 1 heterocycles. The van der Waals surface area contributed by atoms with Crippen LogP contribution in [0, 0.1) is 0 Å². The molecule has 0 bridgehead atoms. The van der Waals surface area contributed by atoms with Crippen LogP contribution in [0.4, 0.5) is 5.88 Å². The van der Waals surface area contributed by atoms with Crippen LogP contribution in [0.1, 0.15) is 0 Å². The summed E-state index contributed by atoms with van der Waals surface area (Å²) in [6.45, 7) is 0. The van der Waals surface area contributed by atoms with Crippen LogP contribution in [-0.2, 0) is 0 Å². The summed E-state index contributed by atoms with van der Waals surface area (Å²) >= 11 is 15.5. The zero-order valence-corrected chi connectivity index (χ0v) is 13.7. The minimum Gasteiger partial charge on any atom is -0.367 e. The summed E-state index contributed by atoms with van der Waals surface area (Å²) in [5.74, 6) is 0.258. The van der Waals surface area contributed by atoms with Crippen molar-refractivity contribution in [2.75, 3.05) is 5.73 Å². The Bertz CT molecular complexity index is 817. The quantitative estimate of drug-likeness (QED) is 0.621. The van der Waals surface area contributed by atoms with Crippen molar-refractivity contribution in [1.82, 2.24) is 5.16 Å². The molecule has 0 aliphatic heterocycles. The highest BCUT2D eigenvalue weighted by Gasteiger charge is 2.18. The number of hydrogen-bond donors (Lipinski definition) is 1. The third kappa shape index (κ3) is 2.79. The predicted octanol–water partition coefficient (Wildman–Crippen LogP) is 5.66. The summed E-state index contributed by atoms with van der Waals surface area (Å²) in [5.41, 5.74) is 8.98. The van der Waals surface area contributed by atoms with Gasteiger partial charge in [-0.1, -0.05) is 62.5 Å². The molecule has 3 nitrogen and oxygen atoms in total. The third-order valence-electron chi connectivity index (χ3n) is 3.02. The first-order chi connectivity index (χ1) is 10.1. The van der Waals surface area contributed by atoms with E-state index >= 15 is 0 Å². The Kier molecular flexibility index (Phi) is 3.93. The Morgan fingerprint density at radius 3 is 2.52 bits per heavy atom. The second kappa shape index (κ2) is 5.72. The van der Waals surface area contributed by atoms with Crippen LogP contribution in [0.3, 0.4) is 0 Å². The smallest absolute Gasteiger partial charge is 0.230 e. The molecule has 0 aliphatic rings. The number of nitrogen functional groups attached to an aromatic ring is 1. The van der Waals surface area contributed by atoms with Crippen molar-refractivity contribution in [3.05, 3.63) is 57.0 Å². The van der Waals surface area contributed by atoms with Gasteiger partial charge in [-0.25, -0.2) is 0 Å².